The molecule has 2 heterocycles. The highest BCUT2D eigenvalue weighted by Gasteiger charge is 2.17. The average molecular weight is 410 g/mol. The van der Waals surface area contributed by atoms with E-state index < -0.39 is 0 Å². The van der Waals surface area contributed by atoms with Crippen molar-refractivity contribution in [1.29, 1.82) is 0 Å². The van der Waals surface area contributed by atoms with E-state index in [-0.39, 0.29) is 6.10 Å². The van der Waals surface area contributed by atoms with Crippen LogP contribution in [0.4, 0.5) is 5.82 Å². The summed E-state index contributed by atoms with van der Waals surface area (Å²) < 4.78 is 5.61. The SMILES string of the molecule is CCNC(=NCc1ccc(N2CCOC(C)C2)nc1)NCC(C)c1cccc(C)c1. The number of pyridine rings is 1. The molecule has 30 heavy (non-hydrogen) atoms. The number of aryl methyl sites for hydroxylation is 1. The van der Waals surface area contributed by atoms with Crippen molar-refractivity contribution in [3.05, 3.63) is 59.3 Å². The first-order chi connectivity index (χ1) is 14.5. The summed E-state index contributed by atoms with van der Waals surface area (Å²) in [5, 5.41) is 6.81. The van der Waals surface area contributed by atoms with E-state index in [0.717, 1.165) is 50.1 Å². The van der Waals surface area contributed by atoms with Gasteiger partial charge in [-0.05, 0) is 43.9 Å². The third-order valence-electron chi connectivity index (χ3n) is 5.33. The van der Waals surface area contributed by atoms with Crippen molar-refractivity contribution in [2.24, 2.45) is 4.99 Å². The minimum Gasteiger partial charge on any atom is -0.375 e. The van der Waals surface area contributed by atoms with Gasteiger partial charge in [0.15, 0.2) is 5.96 Å². The average Bonchev–Trinajstić information content (AvgIpc) is 2.76. The number of hydrogen-bond acceptors (Lipinski definition) is 4. The van der Waals surface area contributed by atoms with Crippen molar-refractivity contribution in [2.75, 3.05) is 37.7 Å². The lowest BCUT2D eigenvalue weighted by Gasteiger charge is -2.32. The standard InChI is InChI=1S/C24H35N5O/c1-5-25-24(27-14-19(3)22-8-6-7-18(2)13-22)28-16-21-9-10-23(26-15-21)29-11-12-30-20(4)17-29/h6-10,13,15,19-20H,5,11-12,14,16-17H2,1-4H3,(H2,25,27,28). The second-order valence-corrected chi connectivity index (χ2v) is 8.04. The van der Waals surface area contributed by atoms with Gasteiger partial charge in [0, 0.05) is 32.4 Å². The van der Waals surface area contributed by atoms with Crippen molar-refractivity contribution in [3.8, 4) is 0 Å². The van der Waals surface area contributed by atoms with Crippen LogP contribution in [0.3, 0.4) is 0 Å². The minimum atomic E-state index is 0.251. The zero-order chi connectivity index (χ0) is 21.3. The lowest BCUT2D eigenvalue weighted by molar-refractivity contribution is 0.0529. The molecule has 2 unspecified atom stereocenters. The minimum absolute atomic E-state index is 0.251. The van der Waals surface area contributed by atoms with Gasteiger partial charge in [0.2, 0.25) is 0 Å². The van der Waals surface area contributed by atoms with Crippen LogP contribution < -0.4 is 15.5 Å². The summed E-state index contributed by atoms with van der Waals surface area (Å²) in [4.78, 5) is 11.7. The molecule has 0 aliphatic carbocycles. The summed E-state index contributed by atoms with van der Waals surface area (Å²) >= 11 is 0. The molecule has 0 bridgehead atoms. The summed E-state index contributed by atoms with van der Waals surface area (Å²) in [7, 11) is 0. The summed E-state index contributed by atoms with van der Waals surface area (Å²) in [5.74, 6) is 2.25. The highest BCUT2D eigenvalue weighted by atomic mass is 16.5. The van der Waals surface area contributed by atoms with E-state index >= 15 is 0 Å². The first-order valence-corrected chi connectivity index (χ1v) is 11.0. The number of benzene rings is 1. The largest absolute Gasteiger partial charge is 0.375 e. The molecule has 1 aromatic heterocycles. The van der Waals surface area contributed by atoms with Gasteiger partial charge in [-0.1, -0.05) is 42.8 Å². The molecule has 1 aliphatic heterocycles. The predicted octanol–water partition coefficient (Wildman–Crippen LogP) is 3.47. The van der Waals surface area contributed by atoms with Gasteiger partial charge in [-0.2, -0.15) is 0 Å². The maximum atomic E-state index is 5.61. The molecule has 0 amide bonds. The Morgan fingerprint density at radius 1 is 1.30 bits per heavy atom. The second kappa shape index (κ2) is 11.0. The number of guanidine groups is 1. The molecular formula is C24H35N5O. The molecule has 1 aromatic carbocycles. The molecule has 2 atom stereocenters. The summed E-state index contributed by atoms with van der Waals surface area (Å²) in [6.07, 6.45) is 2.18. The summed E-state index contributed by atoms with van der Waals surface area (Å²) in [5.41, 5.74) is 3.74. The van der Waals surface area contributed by atoms with Gasteiger partial charge >= 0.3 is 0 Å². The van der Waals surface area contributed by atoms with Crippen LogP contribution in [-0.4, -0.2) is 49.8 Å². The van der Waals surface area contributed by atoms with E-state index in [1.807, 2.05) is 6.20 Å². The molecular weight excluding hydrogens is 374 g/mol. The summed E-state index contributed by atoms with van der Waals surface area (Å²) in [6.45, 7) is 13.4. The molecule has 0 spiro atoms. The van der Waals surface area contributed by atoms with E-state index in [1.165, 1.54) is 11.1 Å². The van der Waals surface area contributed by atoms with Gasteiger partial charge in [0.1, 0.15) is 5.82 Å². The highest BCUT2D eigenvalue weighted by Crippen LogP contribution is 2.17. The third kappa shape index (κ3) is 6.46. The van der Waals surface area contributed by atoms with Crippen LogP contribution in [0, 0.1) is 6.92 Å². The Kier molecular flexibility index (Phi) is 8.08. The number of rotatable bonds is 7. The molecule has 0 saturated carbocycles. The second-order valence-electron chi connectivity index (χ2n) is 8.04. The van der Waals surface area contributed by atoms with Crippen LogP contribution in [0.25, 0.3) is 0 Å². The number of aliphatic imine (C=N–C) groups is 1. The van der Waals surface area contributed by atoms with Gasteiger partial charge < -0.3 is 20.3 Å². The van der Waals surface area contributed by atoms with Crippen molar-refractivity contribution in [2.45, 2.75) is 46.3 Å². The van der Waals surface area contributed by atoms with Crippen molar-refractivity contribution < 1.29 is 4.74 Å². The molecule has 3 rings (SSSR count). The molecule has 6 nitrogen and oxygen atoms in total. The van der Waals surface area contributed by atoms with Crippen LogP contribution in [0.2, 0.25) is 0 Å². The topological polar surface area (TPSA) is 61.8 Å². The van der Waals surface area contributed by atoms with Crippen LogP contribution in [-0.2, 0) is 11.3 Å². The zero-order valence-electron chi connectivity index (χ0n) is 18.7. The molecule has 0 radical (unpaired) electrons. The van der Waals surface area contributed by atoms with Crippen molar-refractivity contribution in [1.82, 2.24) is 15.6 Å². The molecule has 162 valence electrons. The normalized spacial score (nSPS) is 18.2. The monoisotopic (exact) mass is 409 g/mol. The van der Waals surface area contributed by atoms with Gasteiger partial charge in [0.25, 0.3) is 0 Å². The first kappa shape index (κ1) is 22.1. The van der Waals surface area contributed by atoms with Crippen LogP contribution in [0.1, 0.15) is 43.4 Å². The van der Waals surface area contributed by atoms with E-state index in [4.69, 9.17) is 9.73 Å². The van der Waals surface area contributed by atoms with Gasteiger partial charge in [-0.15, -0.1) is 0 Å². The number of morpholine rings is 1. The zero-order valence-corrected chi connectivity index (χ0v) is 18.7. The molecule has 1 saturated heterocycles. The number of nitrogens with one attached hydrogen (secondary N) is 2. The van der Waals surface area contributed by atoms with E-state index in [0.29, 0.717) is 12.5 Å². The Bertz CT molecular complexity index is 821. The fourth-order valence-electron chi connectivity index (χ4n) is 3.58. The number of aromatic nitrogens is 1. The highest BCUT2D eigenvalue weighted by molar-refractivity contribution is 5.79. The Labute approximate surface area is 180 Å². The van der Waals surface area contributed by atoms with Crippen molar-refractivity contribution in [3.63, 3.8) is 0 Å². The quantitative estimate of drug-likeness (QED) is 0.542. The van der Waals surface area contributed by atoms with Gasteiger partial charge in [0.05, 0.1) is 19.3 Å². The Morgan fingerprint density at radius 3 is 2.87 bits per heavy atom. The van der Waals surface area contributed by atoms with Gasteiger partial charge in [-0.25, -0.2) is 9.98 Å². The van der Waals surface area contributed by atoms with Crippen LogP contribution in [0.15, 0.2) is 47.6 Å². The summed E-state index contributed by atoms with van der Waals surface area (Å²) in [6, 6.07) is 12.9. The molecule has 6 heteroatoms. The molecule has 1 aliphatic rings. The fourth-order valence-corrected chi connectivity index (χ4v) is 3.58. The van der Waals surface area contributed by atoms with E-state index in [9.17, 15) is 0 Å². The van der Waals surface area contributed by atoms with Crippen molar-refractivity contribution >= 4 is 11.8 Å². The number of anilines is 1. The van der Waals surface area contributed by atoms with E-state index in [1.54, 1.807) is 0 Å². The molecule has 1 fully saturated rings. The van der Waals surface area contributed by atoms with Crippen LogP contribution in [0.5, 0.6) is 0 Å². The molecule has 2 N–H and O–H groups in total. The maximum absolute atomic E-state index is 5.61. The lowest BCUT2D eigenvalue weighted by Crippen LogP contribution is -2.41. The smallest absolute Gasteiger partial charge is 0.191 e. The number of hydrogen-bond donors (Lipinski definition) is 2. The Balaban J connectivity index is 1.56. The Morgan fingerprint density at radius 2 is 2.17 bits per heavy atom. The predicted molar refractivity (Wildman–Crippen MR) is 124 cm³/mol. The van der Waals surface area contributed by atoms with Gasteiger partial charge in [-0.3, -0.25) is 0 Å². The van der Waals surface area contributed by atoms with Crippen LogP contribution >= 0.6 is 0 Å². The molecule has 2 aromatic rings. The number of nitrogens with zero attached hydrogens (tertiary/aromatic N) is 3. The third-order valence-corrected chi connectivity index (χ3v) is 5.33. The van der Waals surface area contributed by atoms with E-state index in [2.05, 4.69) is 84.6 Å². The lowest BCUT2D eigenvalue weighted by atomic mass is 9.99. The Hall–Kier alpha value is -2.60. The first-order valence-electron chi connectivity index (χ1n) is 11.0. The maximum Gasteiger partial charge on any atom is 0.191 e. The fraction of sp³-hybridized carbons (Fsp3) is 0.500. The number of ether oxygens (including phenoxy) is 1.